The molecule has 0 fully saturated rings. The van der Waals surface area contributed by atoms with Crippen LogP contribution in [0.2, 0.25) is 0 Å². The maximum atomic E-state index is 3.67. The second kappa shape index (κ2) is 7.56. The number of unbranched alkanes of at least 4 members (excludes halogenated alkanes) is 2. The van der Waals surface area contributed by atoms with Gasteiger partial charge in [0.1, 0.15) is 0 Å². The van der Waals surface area contributed by atoms with Gasteiger partial charge in [0.05, 0.1) is 0 Å². The Balaban J connectivity index is 2.02. The Bertz CT molecular complexity index is 336. The minimum absolute atomic E-state index is 0.599. The number of fused-ring (bicyclic) bond motifs is 1. The third kappa shape index (κ3) is 3.75. The fourth-order valence-corrected chi connectivity index (χ4v) is 5.02. The number of thiophene rings is 1. The van der Waals surface area contributed by atoms with Crippen LogP contribution in [0.25, 0.3) is 0 Å². The Morgan fingerprint density at radius 2 is 2.22 bits per heavy atom. The maximum Gasteiger partial charge on any atom is 0.0414 e. The molecule has 2 heterocycles. The van der Waals surface area contributed by atoms with Gasteiger partial charge in [-0.2, -0.15) is 11.8 Å². The van der Waals surface area contributed by atoms with Crippen molar-refractivity contribution >= 4 is 23.1 Å². The molecule has 1 aliphatic heterocycles. The lowest BCUT2D eigenvalue weighted by Gasteiger charge is -2.16. The van der Waals surface area contributed by atoms with E-state index in [0.717, 1.165) is 6.54 Å². The van der Waals surface area contributed by atoms with Gasteiger partial charge < -0.3 is 5.32 Å². The summed E-state index contributed by atoms with van der Waals surface area (Å²) in [5.41, 5.74) is 1.62. The largest absolute Gasteiger partial charge is 0.310 e. The van der Waals surface area contributed by atoms with Gasteiger partial charge in [0.25, 0.3) is 0 Å². The van der Waals surface area contributed by atoms with Crippen molar-refractivity contribution in [2.45, 2.75) is 57.7 Å². The zero-order valence-electron chi connectivity index (χ0n) is 11.6. The molecule has 0 spiro atoms. The molecule has 2 rings (SSSR count). The Labute approximate surface area is 120 Å². The molecule has 0 radical (unpaired) electrons. The molecule has 1 N–H and O–H groups in total. The minimum Gasteiger partial charge on any atom is -0.310 e. The van der Waals surface area contributed by atoms with E-state index in [1.807, 2.05) is 0 Å². The number of hydrogen-bond acceptors (Lipinski definition) is 3. The van der Waals surface area contributed by atoms with Crippen molar-refractivity contribution in [3.05, 3.63) is 21.4 Å². The van der Waals surface area contributed by atoms with Gasteiger partial charge in [-0.05, 0) is 36.8 Å². The second-order valence-electron chi connectivity index (χ2n) is 5.01. The smallest absolute Gasteiger partial charge is 0.0414 e. The number of nitrogens with one attached hydrogen (secondary N) is 1. The van der Waals surface area contributed by atoms with Crippen molar-refractivity contribution in [2.24, 2.45) is 0 Å². The van der Waals surface area contributed by atoms with Crippen molar-refractivity contribution in [2.75, 3.05) is 12.3 Å². The van der Waals surface area contributed by atoms with Crippen LogP contribution in [0, 0.1) is 0 Å². The summed E-state index contributed by atoms with van der Waals surface area (Å²) in [6, 6.07) is 3.08. The van der Waals surface area contributed by atoms with Crippen LogP contribution in [-0.4, -0.2) is 12.3 Å². The first kappa shape index (κ1) is 14.4. The zero-order chi connectivity index (χ0) is 12.8. The van der Waals surface area contributed by atoms with Crippen LogP contribution in [0.3, 0.4) is 0 Å². The Hall–Kier alpha value is 0.01000. The topological polar surface area (TPSA) is 12.0 Å². The molecule has 0 aromatic carbocycles. The average Bonchev–Trinajstić information content (AvgIpc) is 2.81. The molecule has 0 bridgehead atoms. The van der Waals surface area contributed by atoms with E-state index in [2.05, 4.69) is 48.3 Å². The van der Waals surface area contributed by atoms with Crippen LogP contribution in [0.4, 0.5) is 0 Å². The molecule has 0 saturated heterocycles. The van der Waals surface area contributed by atoms with E-state index in [0.29, 0.717) is 6.04 Å². The summed E-state index contributed by atoms with van der Waals surface area (Å²) in [5, 5.41) is 3.67. The van der Waals surface area contributed by atoms with E-state index in [4.69, 9.17) is 0 Å². The summed E-state index contributed by atoms with van der Waals surface area (Å²) in [6.07, 6.45) is 6.62. The summed E-state index contributed by atoms with van der Waals surface area (Å²) in [4.78, 5) is 3.24. The van der Waals surface area contributed by atoms with E-state index in [9.17, 15) is 0 Å². The lowest BCUT2D eigenvalue weighted by molar-refractivity contribution is 0.493. The molecule has 18 heavy (non-hydrogen) atoms. The van der Waals surface area contributed by atoms with Gasteiger partial charge in [0.15, 0.2) is 0 Å². The van der Waals surface area contributed by atoms with Crippen molar-refractivity contribution in [1.82, 2.24) is 5.32 Å². The number of rotatable bonds is 7. The molecule has 0 aliphatic carbocycles. The van der Waals surface area contributed by atoms with E-state index < -0.39 is 0 Å². The minimum atomic E-state index is 0.599. The predicted octanol–water partition coefficient (Wildman–Crippen LogP) is 4.77. The molecule has 1 unspecified atom stereocenters. The highest BCUT2D eigenvalue weighted by Crippen LogP contribution is 2.35. The lowest BCUT2D eigenvalue weighted by Crippen LogP contribution is -2.19. The van der Waals surface area contributed by atoms with Gasteiger partial charge in [0.2, 0.25) is 0 Å². The highest BCUT2D eigenvalue weighted by molar-refractivity contribution is 7.98. The van der Waals surface area contributed by atoms with Crippen molar-refractivity contribution < 1.29 is 0 Å². The summed E-state index contributed by atoms with van der Waals surface area (Å²) >= 11 is 4.15. The molecule has 102 valence electrons. The van der Waals surface area contributed by atoms with Gasteiger partial charge in [-0.3, -0.25) is 0 Å². The van der Waals surface area contributed by atoms with E-state index in [-0.39, 0.29) is 0 Å². The van der Waals surface area contributed by atoms with Crippen LogP contribution in [0.1, 0.15) is 60.9 Å². The summed E-state index contributed by atoms with van der Waals surface area (Å²) in [5.74, 6) is 2.55. The highest BCUT2D eigenvalue weighted by atomic mass is 32.2. The van der Waals surface area contributed by atoms with Crippen LogP contribution in [-0.2, 0) is 12.2 Å². The molecular weight excluding hydrogens is 258 g/mol. The van der Waals surface area contributed by atoms with E-state index >= 15 is 0 Å². The summed E-state index contributed by atoms with van der Waals surface area (Å²) < 4.78 is 0. The summed E-state index contributed by atoms with van der Waals surface area (Å²) in [7, 11) is 0. The predicted molar refractivity (Wildman–Crippen MR) is 84.7 cm³/mol. The van der Waals surface area contributed by atoms with Crippen LogP contribution < -0.4 is 5.32 Å². The Morgan fingerprint density at radius 3 is 2.94 bits per heavy atom. The third-order valence-electron chi connectivity index (χ3n) is 3.54. The summed E-state index contributed by atoms with van der Waals surface area (Å²) in [6.45, 7) is 5.58. The van der Waals surface area contributed by atoms with Crippen molar-refractivity contribution in [1.29, 1.82) is 0 Å². The fourth-order valence-electron chi connectivity index (χ4n) is 2.53. The van der Waals surface area contributed by atoms with Crippen LogP contribution in [0.5, 0.6) is 0 Å². The second-order valence-corrected chi connectivity index (χ2v) is 7.28. The Kier molecular flexibility index (Phi) is 6.06. The van der Waals surface area contributed by atoms with Crippen molar-refractivity contribution in [3.63, 3.8) is 0 Å². The quantitative estimate of drug-likeness (QED) is 0.724. The molecule has 1 aromatic heterocycles. The first-order valence-electron chi connectivity index (χ1n) is 7.27. The standard InChI is InChI=1S/C15H25NS2/c1-3-5-6-7-13(16-4-2)15-10-12-11-17-9-8-14(12)18-15/h10,13,16H,3-9,11H2,1-2H3. The van der Waals surface area contributed by atoms with Crippen LogP contribution >= 0.6 is 23.1 Å². The molecule has 0 amide bonds. The number of aryl methyl sites for hydroxylation is 1. The van der Waals surface area contributed by atoms with Gasteiger partial charge in [0, 0.05) is 21.5 Å². The van der Waals surface area contributed by atoms with Gasteiger partial charge in [-0.1, -0.05) is 33.1 Å². The van der Waals surface area contributed by atoms with Crippen LogP contribution in [0.15, 0.2) is 6.07 Å². The molecule has 3 heteroatoms. The maximum absolute atomic E-state index is 3.67. The van der Waals surface area contributed by atoms with E-state index in [1.54, 1.807) is 15.3 Å². The molecule has 1 nitrogen and oxygen atoms in total. The fraction of sp³-hybridized carbons (Fsp3) is 0.733. The lowest BCUT2D eigenvalue weighted by atomic mass is 10.1. The molecule has 1 aromatic rings. The first-order chi connectivity index (χ1) is 8.85. The van der Waals surface area contributed by atoms with Crippen molar-refractivity contribution in [3.8, 4) is 0 Å². The number of thioether (sulfide) groups is 1. The van der Waals surface area contributed by atoms with Gasteiger partial charge >= 0.3 is 0 Å². The molecule has 0 saturated carbocycles. The van der Waals surface area contributed by atoms with Gasteiger partial charge in [-0.25, -0.2) is 0 Å². The zero-order valence-corrected chi connectivity index (χ0v) is 13.3. The van der Waals surface area contributed by atoms with E-state index in [1.165, 1.54) is 43.6 Å². The molecular formula is C15H25NS2. The number of hydrogen-bond donors (Lipinski definition) is 1. The first-order valence-corrected chi connectivity index (χ1v) is 9.24. The third-order valence-corrected chi connectivity index (χ3v) is 5.90. The highest BCUT2D eigenvalue weighted by Gasteiger charge is 2.18. The normalized spacial score (nSPS) is 16.6. The average molecular weight is 284 g/mol. The SMILES string of the molecule is CCCCCC(NCC)c1cc2c(s1)CCSC2. The molecule has 1 aliphatic rings. The monoisotopic (exact) mass is 283 g/mol. The Morgan fingerprint density at radius 1 is 1.33 bits per heavy atom. The van der Waals surface area contributed by atoms with Gasteiger partial charge in [-0.15, -0.1) is 11.3 Å². The molecule has 1 atom stereocenters.